The van der Waals surface area contributed by atoms with Crippen molar-refractivity contribution in [3.63, 3.8) is 0 Å². The molecule has 1 aliphatic heterocycles. The molecule has 2 saturated carbocycles. The number of nitrogens with one attached hydrogen (secondary N) is 1. The van der Waals surface area contributed by atoms with Crippen LogP contribution < -0.4 is 5.32 Å². The summed E-state index contributed by atoms with van der Waals surface area (Å²) >= 11 is 0. The molecule has 1 heterocycles. The predicted molar refractivity (Wildman–Crippen MR) is 193 cm³/mol. The second kappa shape index (κ2) is 13.0. The summed E-state index contributed by atoms with van der Waals surface area (Å²) in [4.78, 5) is 43.5. The van der Waals surface area contributed by atoms with Gasteiger partial charge in [0.2, 0.25) is 0 Å². The van der Waals surface area contributed by atoms with Crippen LogP contribution >= 0.6 is 0 Å². The van der Waals surface area contributed by atoms with Crippen molar-refractivity contribution in [1.82, 2.24) is 4.90 Å². The van der Waals surface area contributed by atoms with Crippen molar-refractivity contribution >= 4 is 23.5 Å². The SMILES string of the molecule is CC1=C2[C@@H](C)C(=O)[C@]3(C)[C@@H](OC(=O)N(C)C)C[C@H]4OC[C@@]4(C)[C@H]3[C@H](C)[C@](O)(C[C@@H]1OC(=O)[C@H](O)[C@@H](Nc1ccccc1)c1ccccc1)C2(C)C. The molecule has 0 radical (unpaired) electrons. The first-order chi connectivity index (χ1) is 23.9. The van der Waals surface area contributed by atoms with Gasteiger partial charge in [-0.2, -0.15) is 0 Å². The molecule has 3 aliphatic carbocycles. The minimum absolute atomic E-state index is 0.0638. The number of aliphatic hydroxyl groups is 2. The molecule has 4 aliphatic rings. The van der Waals surface area contributed by atoms with Gasteiger partial charge in [-0.25, -0.2) is 9.59 Å². The standard InChI is InChI=1S/C41H54N2O8/c1-23-28(50-36(46)33(44)32(26-16-12-10-13-17-26)42-27-18-14-11-15-19-27)21-41(48)25(3)34-39(6)22-49-29(39)20-30(51-37(47)43(8)9)40(34,7)35(45)24(2)31(23)38(41,4)5/h10-19,24-25,28-30,32-34,42,44,48H,20-22H2,1-9H3/t24-,25+,28+,29-,30+,32+,33-,34-,39-,40-,41-/m1/s1. The van der Waals surface area contributed by atoms with Gasteiger partial charge in [0.1, 0.15) is 18.0 Å². The summed E-state index contributed by atoms with van der Waals surface area (Å²) in [6.45, 7) is 14.1. The van der Waals surface area contributed by atoms with Crippen LogP contribution in [0.15, 0.2) is 71.8 Å². The van der Waals surface area contributed by atoms with Crippen molar-refractivity contribution in [3.8, 4) is 0 Å². The summed E-state index contributed by atoms with van der Waals surface area (Å²) < 4.78 is 18.4. The van der Waals surface area contributed by atoms with E-state index in [1.165, 1.54) is 4.90 Å². The average Bonchev–Trinajstić information content (AvgIpc) is 3.09. The third-order valence-corrected chi connectivity index (χ3v) is 13.2. The maximum Gasteiger partial charge on any atom is 0.409 e. The minimum atomic E-state index is -1.59. The quantitative estimate of drug-likeness (QED) is 0.237. The number of ketones is 1. The fraction of sp³-hybridized carbons (Fsp3) is 0.585. The highest BCUT2D eigenvalue weighted by Crippen LogP contribution is 2.68. The highest BCUT2D eigenvalue weighted by atomic mass is 16.6. The molecule has 1 saturated heterocycles. The number of ether oxygens (including phenoxy) is 3. The van der Waals surface area contributed by atoms with Gasteiger partial charge in [0.05, 0.1) is 29.8 Å². The first-order valence-electron chi connectivity index (χ1n) is 18.1. The second-order valence-corrected chi connectivity index (χ2v) is 16.6. The number of nitrogens with zero attached hydrogens (tertiary/aromatic N) is 1. The normalized spacial score (nSPS) is 36.6. The Morgan fingerprint density at radius 1 is 0.980 bits per heavy atom. The van der Waals surface area contributed by atoms with Crippen LogP contribution in [-0.4, -0.2) is 83.7 Å². The zero-order valence-electron chi connectivity index (χ0n) is 31.3. The van der Waals surface area contributed by atoms with Gasteiger partial charge in [-0.05, 0) is 54.5 Å². The van der Waals surface area contributed by atoms with E-state index in [1.807, 2.05) is 102 Å². The summed E-state index contributed by atoms with van der Waals surface area (Å²) in [5.74, 6) is -2.56. The van der Waals surface area contributed by atoms with Crippen LogP contribution in [0.5, 0.6) is 0 Å². The number of aliphatic hydroxyl groups excluding tert-OH is 1. The molecule has 0 aromatic heterocycles. The molecular formula is C41H54N2O8. The topological polar surface area (TPSA) is 135 Å². The third-order valence-electron chi connectivity index (χ3n) is 13.2. The Bertz CT molecular complexity index is 1690. The van der Waals surface area contributed by atoms with Crippen molar-refractivity contribution in [1.29, 1.82) is 0 Å². The fourth-order valence-corrected chi connectivity index (χ4v) is 10.5. The average molecular weight is 703 g/mol. The maximum absolute atomic E-state index is 15.2. The number of rotatable bonds is 7. The Balaban J connectivity index is 1.40. The van der Waals surface area contributed by atoms with Crippen LogP contribution in [0.25, 0.3) is 0 Å². The van der Waals surface area contributed by atoms with E-state index in [9.17, 15) is 19.8 Å². The lowest BCUT2D eigenvalue weighted by Gasteiger charge is -2.69. The van der Waals surface area contributed by atoms with Gasteiger partial charge >= 0.3 is 12.1 Å². The molecule has 3 N–H and O–H groups in total. The molecule has 1 amide bonds. The summed E-state index contributed by atoms with van der Waals surface area (Å²) in [5, 5.41) is 28.1. The van der Waals surface area contributed by atoms with Crippen molar-refractivity contribution in [3.05, 3.63) is 77.4 Å². The van der Waals surface area contributed by atoms with E-state index in [-0.39, 0.29) is 18.3 Å². The van der Waals surface area contributed by atoms with Gasteiger partial charge in [0.15, 0.2) is 6.10 Å². The Labute approximate surface area is 301 Å². The maximum atomic E-state index is 15.2. The van der Waals surface area contributed by atoms with E-state index >= 15 is 4.79 Å². The first kappa shape index (κ1) is 37.0. The molecule has 51 heavy (non-hydrogen) atoms. The zero-order valence-corrected chi connectivity index (χ0v) is 31.3. The molecule has 2 aromatic carbocycles. The Hall–Kier alpha value is -3.73. The van der Waals surface area contributed by atoms with E-state index in [1.54, 1.807) is 14.1 Å². The Morgan fingerprint density at radius 2 is 1.59 bits per heavy atom. The molecule has 10 nitrogen and oxygen atoms in total. The van der Waals surface area contributed by atoms with E-state index in [0.717, 1.165) is 5.69 Å². The molecule has 10 heteroatoms. The number of esters is 1. The van der Waals surface area contributed by atoms with Gasteiger partial charge in [-0.15, -0.1) is 0 Å². The molecule has 3 fully saturated rings. The Morgan fingerprint density at radius 3 is 2.16 bits per heavy atom. The van der Waals surface area contributed by atoms with Crippen LogP contribution in [0.1, 0.15) is 72.9 Å². The van der Waals surface area contributed by atoms with Gasteiger partial charge < -0.3 is 34.6 Å². The largest absolute Gasteiger partial charge is 0.456 e. The van der Waals surface area contributed by atoms with Gasteiger partial charge in [0, 0.05) is 49.4 Å². The van der Waals surface area contributed by atoms with E-state index < -0.39 is 76.0 Å². The molecule has 0 unspecified atom stereocenters. The number of Topliss-reactive ketones (excluding diaryl/α,β-unsaturated/α-hetero) is 1. The molecule has 276 valence electrons. The summed E-state index contributed by atoms with van der Waals surface area (Å²) in [6, 6.07) is 17.8. The third kappa shape index (κ3) is 5.69. The number of hydrogen-bond donors (Lipinski definition) is 3. The number of carbonyl (C=O) groups excluding carboxylic acids is 3. The van der Waals surface area contributed by atoms with E-state index in [4.69, 9.17) is 14.2 Å². The van der Waals surface area contributed by atoms with Crippen molar-refractivity contribution < 1.29 is 38.8 Å². The lowest BCUT2D eigenvalue weighted by Crippen LogP contribution is -2.74. The van der Waals surface area contributed by atoms with Crippen LogP contribution in [0, 0.1) is 34.0 Å². The number of para-hydroxylation sites is 1. The van der Waals surface area contributed by atoms with Crippen LogP contribution in [-0.2, 0) is 23.8 Å². The van der Waals surface area contributed by atoms with Crippen LogP contribution in [0.4, 0.5) is 10.5 Å². The molecule has 11 atom stereocenters. The number of fused-ring (bicyclic) bond motifs is 5. The van der Waals surface area contributed by atoms with Crippen LogP contribution in [0.2, 0.25) is 0 Å². The molecule has 0 spiro atoms. The van der Waals surface area contributed by atoms with E-state index in [2.05, 4.69) is 12.2 Å². The Kier molecular flexibility index (Phi) is 9.47. The number of benzene rings is 2. The van der Waals surface area contributed by atoms with Crippen molar-refractivity contribution in [2.45, 2.75) is 97.4 Å². The van der Waals surface area contributed by atoms with Crippen LogP contribution in [0.3, 0.4) is 0 Å². The summed E-state index contributed by atoms with van der Waals surface area (Å²) in [6.07, 6.45) is -3.60. The van der Waals surface area contributed by atoms with Crippen molar-refractivity contribution in [2.24, 2.45) is 34.0 Å². The smallest absolute Gasteiger partial charge is 0.409 e. The number of hydrogen-bond acceptors (Lipinski definition) is 9. The van der Waals surface area contributed by atoms with Crippen molar-refractivity contribution in [2.75, 3.05) is 26.0 Å². The molecule has 2 aromatic rings. The second-order valence-electron chi connectivity index (χ2n) is 16.6. The lowest BCUT2D eigenvalue weighted by atomic mass is 9.40. The summed E-state index contributed by atoms with van der Waals surface area (Å²) in [7, 11) is 3.23. The number of anilines is 1. The minimum Gasteiger partial charge on any atom is -0.456 e. The molecule has 6 rings (SSSR count). The summed E-state index contributed by atoms with van der Waals surface area (Å²) in [5.41, 5.74) is -1.15. The van der Waals surface area contributed by atoms with Gasteiger partial charge in [-0.3, -0.25) is 4.79 Å². The monoisotopic (exact) mass is 702 g/mol. The van der Waals surface area contributed by atoms with Gasteiger partial charge in [0.25, 0.3) is 0 Å². The number of amides is 1. The molecular weight excluding hydrogens is 648 g/mol. The molecule has 2 bridgehead atoms. The van der Waals surface area contributed by atoms with E-state index in [0.29, 0.717) is 29.7 Å². The highest BCUT2D eigenvalue weighted by molar-refractivity contribution is 5.91. The van der Waals surface area contributed by atoms with Gasteiger partial charge in [-0.1, -0.05) is 83.1 Å². The number of carbonyl (C=O) groups is 3. The predicted octanol–water partition coefficient (Wildman–Crippen LogP) is 5.94. The lowest BCUT2D eigenvalue weighted by molar-refractivity contribution is -0.301. The highest BCUT2D eigenvalue weighted by Gasteiger charge is 2.73. The zero-order chi connectivity index (χ0) is 37.3. The fourth-order valence-electron chi connectivity index (χ4n) is 10.5. The first-order valence-corrected chi connectivity index (χ1v) is 18.1.